The quantitative estimate of drug-likeness (QED) is 0.788. The van der Waals surface area contributed by atoms with Crippen LogP contribution in [0.2, 0.25) is 0 Å². The molecule has 5 nitrogen and oxygen atoms in total. The highest BCUT2D eigenvalue weighted by molar-refractivity contribution is 5.83. The number of benzene rings is 1. The molecule has 1 aromatic carbocycles. The average molecular weight is 349 g/mol. The van der Waals surface area contributed by atoms with Crippen molar-refractivity contribution in [3.63, 3.8) is 0 Å². The van der Waals surface area contributed by atoms with E-state index < -0.39 is 0 Å². The number of pyridine rings is 1. The molecule has 2 aromatic heterocycles. The highest BCUT2D eigenvalue weighted by atomic mass is 16.5. The minimum atomic E-state index is 0.0638. The van der Waals surface area contributed by atoms with E-state index in [-0.39, 0.29) is 11.9 Å². The Kier molecular flexibility index (Phi) is 4.71. The summed E-state index contributed by atoms with van der Waals surface area (Å²) < 4.78 is 5.67. The second kappa shape index (κ2) is 7.30. The Morgan fingerprint density at radius 2 is 2.19 bits per heavy atom. The van der Waals surface area contributed by atoms with E-state index in [0.717, 1.165) is 23.2 Å². The fraction of sp³-hybridized carbons (Fsp3) is 0.333. The summed E-state index contributed by atoms with van der Waals surface area (Å²) in [7, 11) is 0. The maximum Gasteiger partial charge on any atom is 0.227 e. The van der Waals surface area contributed by atoms with Crippen LogP contribution in [0.25, 0.3) is 10.9 Å². The monoisotopic (exact) mass is 349 g/mol. The minimum absolute atomic E-state index is 0.0638. The van der Waals surface area contributed by atoms with Crippen LogP contribution in [0.1, 0.15) is 16.8 Å². The van der Waals surface area contributed by atoms with Crippen LogP contribution in [0.15, 0.2) is 48.8 Å². The Bertz CT molecular complexity index is 901. The van der Waals surface area contributed by atoms with Gasteiger partial charge < -0.3 is 14.6 Å². The molecule has 0 radical (unpaired) electrons. The molecule has 1 N–H and O–H groups in total. The summed E-state index contributed by atoms with van der Waals surface area (Å²) >= 11 is 0. The summed E-state index contributed by atoms with van der Waals surface area (Å²) in [4.78, 5) is 22.5. The maximum atomic E-state index is 12.9. The second-order valence-corrected chi connectivity index (χ2v) is 6.86. The molecule has 1 amide bonds. The number of amides is 1. The number of nitrogens with zero attached hydrogens (tertiary/aromatic N) is 2. The molecule has 4 rings (SSSR count). The van der Waals surface area contributed by atoms with Crippen molar-refractivity contribution in [2.45, 2.75) is 25.8 Å². The van der Waals surface area contributed by atoms with E-state index in [1.165, 1.54) is 10.9 Å². The van der Waals surface area contributed by atoms with Gasteiger partial charge in [0, 0.05) is 35.5 Å². The number of hydrogen-bond acceptors (Lipinski definition) is 3. The van der Waals surface area contributed by atoms with Gasteiger partial charge in [-0.3, -0.25) is 9.78 Å². The third-order valence-electron chi connectivity index (χ3n) is 5.01. The first-order valence-corrected chi connectivity index (χ1v) is 9.04. The lowest BCUT2D eigenvalue weighted by Gasteiger charge is -2.35. The lowest BCUT2D eigenvalue weighted by atomic mass is 10.0. The average Bonchev–Trinajstić information content (AvgIpc) is 3.07. The Morgan fingerprint density at radius 3 is 3.04 bits per heavy atom. The van der Waals surface area contributed by atoms with Gasteiger partial charge in [-0.2, -0.15) is 0 Å². The minimum Gasteiger partial charge on any atom is -0.377 e. The molecule has 0 saturated carbocycles. The van der Waals surface area contributed by atoms with Crippen molar-refractivity contribution in [3.05, 3.63) is 65.6 Å². The molecular weight excluding hydrogens is 326 g/mol. The highest BCUT2D eigenvalue weighted by Gasteiger charge is 2.28. The number of aryl methyl sites for hydroxylation is 1. The van der Waals surface area contributed by atoms with E-state index in [1.54, 1.807) is 6.20 Å². The van der Waals surface area contributed by atoms with E-state index in [4.69, 9.17) is 4.74 Å². The molecule has 1 fully saturated rings. The third-order valence-corrected chi connectivity index (χ3v) is 5.01. The molecule has 1 saturated heterocycles. The molecule has 26 heavy (non-hydrogen) atoms. The molecule has 1 aliphatic rings. The van der Waals surface area contributed by atoms with Crippen LogP contribution in [0.3, 0.4) is 0 Å². The molecule has 0 spiro atoms. The Labute approximate surface area is 153 Å². The summed E-state index contributed by atoms with van der Waals surface area (Å²) in [5, 5.41) is 1.22. The Hall–Kier alpha value is -2.66. The molecule has 3 aromatic rings. The van der Waals surface area contributed by atoms with Gasteiger partial charge in [0.25, 0.3) is 0 Å². The zero-order valence-electron chi connectivity index (χ0n) is 14.9. The Morgan fingerprint density at radius 1 is 1.31 bits per heavy atom. The van der Waals surface area contributed by atoms with Gasteiger partial charge >= 0.3 is 0 Å². The van der Waals surface area contributed by atoms with Crippen LogP contribution in [-0.2, 0) is 22.4 Å². The van der Waals surface area contributed by atoms with E-state index in [1.807, 2.05) is 42.3 Å². The van der Waals surface area contributed by atoms with E-state index in [9.17, 15) is 4.79 Å². The van der Waals surface area contributed by atoms with Gasteiger partial charge in [-0.15, -0.1) is 0 Å². The molecule has 1 unspecified atom stereocenters. The summed E-state index contributed by atoms with van der Waals surface area (Å²) in [5.41, 5.74) is 4.27. The van der Waals surface area contributed by atoms with Crippen molar-refractivity contribution in [2.75, 3.05) is 19.8 Å². The van der Waals surface area contributed by atoms with E-state index >= 15 is 0 Å². The zero-order valence-corrected chi connectivity index (χ0v) is 14.9. The van der Waals surface area contributed by atoms with Crippen LogP contribution >= 0.6 is 0 Å². The van der Waals surface area contributed by atoms with Crippen molar-refractivity contribution >= 4 is 16.8 Å². The fourth-order valence-electron chi connectivity index (χ4n) is 3.59. The SMILES string of the molecule is Cc1ccc(CC(=O)N2CCOCC2Cc2c[nH]c3ccccc23)cn1. The smallest absolute Gasteiger partial charge is 0.227 e. The zero-order chi connectivity index (χ0) is 17.9. The number of hydrogen-bond donors (Lipinski definition) is 1. The Balaban J connectivity index is 1.50. The molecule has 0 aliphatic carbocycles. The molecule has 0 bridgehead atoms. The number of aromatic amines is 1. The van der Waals surface area contributed by atoms with Crippen molar-refractivity contribution < 1.29 is 9.53 Å². The lowest BCUT2D eigenvalue weighted by Crippen LogP contribution is -2.50. The molecule has 3 heterocycles. The first-order valence-electron chi connectivity index (χ1n) is 9.04. The second-order valence-electron chi connectivity index (χ2n) is 6.86. The predicted molar refractivity (Wildman–Crippen MR) is 101 cm³/mol. The van der Waals surface area contributed by atoms with Gasteiger partial charge in [-0.05, 0) is 36.6 Å². The van der Waals surface area contributed by atoms with Crippen LogP contribution < -0.4 is 0 Å². The third kappa shape index (κ3) is 3.48. The van der Waals surface area contributed by atoms with Crippen molar-refractivity contribution in [2.24, 2.45) is 0 Å². The van der Waals surface area contributed by atoms with Crippen LogP contribution in [0, 0.1) is 6.92 Å². The number of fused-ring (bicyclic) bond motifs is 1. The van der Waals surface area contributed by atoms with Crippen molar-refractivity contribution in [3.8, 4) is 0 Å². The van der Waals surface area contributed by atoms with Crippen LogP contribution in [0.5, 0.6) is 0 Å². The predicted octanol–water partition coefficient (Wildman–Crippen LogP) is 2.88. The molecular formula is C21H23N3O2. The number of rotatable bonds is 4. The number of morpholine rings is 1. The van der Waals surface area contributed by atoms with Gasteiger partial charge in [0.15, 0.2) is 0 Å². The van der Waals surface area contributed by atoms with Crippen LogP contribution in [-0.4, -0.2) is 46.6 Å². The highest BCUT2D eigenvalue weighted by Crippen LogP contribution is 2.22. The van der Waals surface area contributed by atoms with Gasteiger partial charge in [0.2, 0.25) is 5.91 Å². The maximum absolute atomic E-state index is 12.9. The number of aromatic nitrogens is 2. The van der Waals surface area contributed by atoms with E-state index in [2.05, 4.69) is 22.1 Å². The summed E-state index contributed by atoms with van der Waals surface area (Å²) in [5.74, 6) is 0.142. The first-order chi connectivity index (χ1) is 12.7. The summed E-state index contributed by atoms with van der Waals surface area (Å²) in [6, 6.07) is 12.3. The summed E-state index contributed by atoms with van der Waals surface area (Å²) in [6.07, 6.45) is 5.02. The standard InChI is InChI=1S/C21H23N3O2/c1-15-6-7-16(12-22-15)10-21(25)24-8-9-26-14-18(24)11-17-13-23-20-5-3-2-4-19(17)20/h2-7,12-13,18,23H,8-11,14H2,1H3. The lowest BCUT2D eigenvalue weighted by molar-refractivity contribution is -0.139. The number of H-pyrrole nitrogens is 1. The van der Waals surface area contributed by atoms with Gasteiger partial charge in [0.1, 0.15) is 0 Å². The van der Waals surface area contributed by atoms with Gasteiger partial charge in [-0.25, -0.2) is 0 Å². The fourth-order valence-corrected chi connectivity index (χ4v) is 3.59. The number of ether oxygens (including phenoxy) is 1. The largest absolute Gasteiger partial charge is 0.377 e. The molecule has 134 valence electrons. The topological polar surface area (TPSA) is 58.2 Å². The number of para-hydroxylation sites is 1. The van der Waals surface area contributed by atoms with Crippen molar-refractivity contribution in [1.82, 2.24) is 14.9 Å². The van der Waals surface area contributed by atoms with Gasteiger partial charge in [-0.1, -0.05) is 24.3 Å². The van der Waals surface area contributed by atoms with E-state index in [0.29, 0.717) is 26.2 Å². The molecule has 1 aliphatic heterocycles. The van der Waals surface area contributed by atoms with Crippen molar-refractivity contribution in [1.29, 1.82) is 0 Å². The van der Waals surface area contributed by atoms with Crippen LogP contribution in [0.4, 0.5) is 0 Å². The molecule has 5 heteroatoms. The first kappa shape index (κ1) is 16.8. The summed E-state index contributed by atoms with van der Waals surface area (Å²) in [6.45, 7) is 3.77. The number of carbonyl (C=O) groups is 1. The number of carbonyl (C=O) groups excluding carboxylic acids is 1. The number of nitrogens with one attached hydrogen (secondary N) is 1. The normalized spacial score (nSPS) is 17.6. The van der Waals surface area contributed by atoms with Gasteiger partial charge in [0.05, 0.1) is 25.7 Å². The molecule has 1 atom stereocenters.